The third-order valence-electron chi connectivity index (χ3n) is 3.23. The second kappa shape index (κ2) is 4.30. The van der Waals surface area contributed by atoms with Crippen LogP contribution in [0.25, 0.3) is 0 Å². The summed E-state index contributed by atoms with van der Waals surface area (Å²) in [6.07, 6.45) is 0. The average Bonchev–Trinajstić information content (AvgIpc) is 1.98. The van der Waals surface area contributed by atoms with Crippen LogP contribution in [0, 0.1) is 11.8 Å². The molecular formula is C11H22N2O. The molecule has 0 aromatic heterocycles. The molecular weight excluding hydrogens is 176 g/mol. The first-order chi connectivity index (χ1) is 6.43. The third-order valence-corrected chi connectivity index (χ3v) is 3.23. The van der Waals surface area contributed by atoms with Crippen molar-refractivity contribution in [2.75, 3.05) is 27.2 Å². The average molecular weight is 198 g/mol. The van der Waals surface area contributed by atoms with Crippen LogP contribution < -0.4 is 0 Å². The van der Waals surface area contributed by atoms with Gasteiger partial charge >= 0.3 is 0 Å². The minimum Gasteiger partial charge on any atom is -0.347 e. The summed E-state index contributed by atoms with van der Waals surface area (Å²) in [7, 11) is 3.64. The van der Waals surface area contributed by atoms with E-state index < -0.39 is 0 Å². The van der Waals surface area contributed by atoms with Crippen LogP contribution in [0.2, 0.25) is 0 Å². The summed E-state index contributed by atoms with van der Waals surface area (Å²) in [6.45, 7) is 8.66. The van der Waals surface area contributed by atoms with Gasteiger partial charge in [0, 0.05) is 27.2 Å². The van der Waals surface area contributed by atoms with Crippen molar-refractivity contribution in [1.82, 2.24) is 9.80 Å². The van der Waals surface area contributed by atoms with Gasteiger partial charge < -0.3 is 4.90 Å². The van der Waals surface area contributed by atoms with Gasteiger partial charge in [-0.15, -0.1) is 0 Å². The molecule has 1 rings (SSSR count). The van der Waals surface area contributed by atoms with Crippen LogP contribution in [0.5, 0.6) is 0 Å². The normalized spacial score (nSPS) is 20.7. The maximum Gasteiger partial charge on any atom is 0.239 e. The Kier molecular flexibility index (Phi) is 3.53. The molecule has 0 N–H and O–H groups in total. The Morgan fingerprint density at radius 2 is 1.79 bits per heavy atom. The van der Waals surface area contributed by atoms with E-state index in [0.29, 0.717) is 0 Å². The van der Waals surface area contributed by atoms with Crippen molar-refractivity contribution in [2.24, 2.45) is 11.8 Å². The largest absolute Gasteiger partial charge is 0.347 e. The van der Waals surface area contributed by atoms with E-state index in [0.717, 1.165) is 24.9 Å². The van der Waals surface area contributed by atoms with Gasteiger partial charge in [0.05, 0.1) is 6.04 Å². The van der Waals surface area contributed by atoms with Crippen LogP contribution in [0.15, 0.2) is 0 Å². The molecule has 0 saturated carbocycles. The van der Waals surface area contributed by atoms with Gasteiger partial charge in [0.2, 0.25) is 5.91 Å². The van der Waals surface area contributed by atoms with Gasteiger partial charge in [0.1, 0.15) is 0 Å². The molecule has 0 aromatic carbocycles. The van der Waals surface area contributed by atoms with Crippen molar-refractivity contribution in [3.05, 3.63) is 0 Å². The van der Waals surface area contributed by atoms with Crippen molar-refractivity contribution in [3.63, 3.8) is 0 Å². The summed E-state index contributed by atoms with van der Waals surface area (Å²) in [4.78, 5) is 15.6. The topological polar surface area (TPSA) is 23.6 Å². The van der Waals surface area contributed by atoms with Crippen LogP contribution in [0.1, 0.15) is 20.8 Å². The highest BCUT2D eigenvalue weighted by Crippen LogP contribution is 2.25. The molecule has 0 spiro atoms. The molecule has 3 nitrogen and oxygen atoms in total. The molecule has 14 heavy (non-hydrogen) atoms. The summed E-state index contributed by atoms with van der Waals surface area (Å²) < 4.78 is 0. The van der Waals surface area contributed by atoms with Crippen molar-refractivity contribution in [2.45, 2.75) is 26.8 Å². The zero-order chi connectivity index (χ0) is 10.9. The third kappa shape index (κ3) is 2.27. The standard InChI is InChI=1S/C11H22N2O/c1-8(2)10-6-13(7-10)9(3)11(14)12(4)5/h8-10H,6-7H2,1-5H3. The van der Waals surface area contributed by atoms with Crippen LogP contribution in [-0.2, 0) is 4.79 Å². The fourth-order valence-corrected chi connectivity index (χ4v) is 1.82. The van der Waals surface area contributed by atoms with Crippen molar-refractivity contribution in [1.29, 1.82) is 0 Å². The first-order valence-corrected chi connectivity index (χ1v) is 5.38. The Labute approximate surface area is 87.1 Å². The minimum absolute atomic E-state index is 0.0556. The Morgan fingerprint density at radius 3 is 2.14 bits per heavy atom. The monoisotopic (exact) mass is 198 g/mol. The van der Waals surface area contributed by atoms with E-state index in [2.05, 4.69) is 18.7 Å². The summed E-state index contributed by atoms with van der Waals surface area (Å²) in [5, 5.41) is 0. The minimum atomic E-state index is 0.0556. The molecule has 1 fully saturated rings. The lowest BCUT2D eigenvalue weighted by molar-refractivity contribution is -0.137. The van der Waals surface area contributed by atoms with E-state index in [-0.39, 0.29) is 11.9 Å². The second-order valence-corrected chi connectivity index (χ2v) is 4.87. The van der Waals surface area contributed by atoms with Crippen LogP contribution in [0.4, 0.5) is 0 Å². The lowest BCUT2D eigenvalue weighted by atomic mass is 9.87. The Hall–Kier alpha value is -0.570. The SMILES string of the molecule is CC(C)C1CN(C(C)C(=O)N(C)C)C1. The number of rotatable bonds is 3. The quantitative estimate of drug-likeness (QED) is 0.677. The predicted molar refractivity (Wildman–Crippen MR) is 58.1 cm³/mol. The zero-order valence-corrected chi connectivity index (χ0v) is 9.95. The van der Waals surface area contributed by atoms with E-state index in [1.807, 2.05) is 21.0 Å². The van der Waals surface area contributed by atoms with Crippen molar-refractivity contribution < 1.29 is 4.79 Å². The van der Waals surface area contributed by atoms with Crippen molar-refractivity contribution >= 4 is 5.91 Å². The molecule has 1 saturated heterocycles. The van der Waals surface area contributed by atoms with Crippen molar-refractivity contribution in [3.8, 4) is 0 Å². The maximum absolute atomic E-state index is 11.6. The maximum atomic E-state index is 11.6. The number of nitrogens with zero attached hydrogens (tertiary/aromatic N) is 2. The van der Waals surface area contributed by atoms with Gasteiger partial charge in [0.25, 0.3) is 0 Å². The van der Waals surface area contributed by atoms with Crippen LogP contribution in [-0.4, -0.2) is 48.9 Å². The van der Waals surface area contributed by atoms with E-state index >= 15 is 0 Å². The molecule has 1 aliphatic rings. The smallest absolute Gasteiger partial charge is 0.239 e. The summed E-state index contributed by atoms with van der Waals surface area (Å²) in [5.41, 5.74) is 0. The van der Waals surface area contributed by atoms with Gasteiger partial charge in [-0.1, -0.05) is 13.8 Å². The highest BCUT2D eigenvalue weighted by atomic mass is 16.2. The van der Waals surface area contributed by atoms with E-state index in [1.165, 1.54) is 0 Å². The highest BCUT2D eigenvalue weighted by molar-refractivity contribution is 5.81. The summed E-state index contributed by atoms with van der Waals surface area (Å²) >= 11 is 0. The number of hydrogen-bond acceptors (Lipinski definition) is 2. The van der Waals surface area contributed by atoms with Gasteiger partial charge in [-0.3, -0.25) is 9.69 Å². The number of amides is 1. The summed E-state index contributed by atoms with van der Waals surface area (Å²) in [6, 6.07) is 0.0556. The molecule has 0 aromatic rings. The lowest BCUT2D eigenvalue weighted by Gasteiger charge is -2.45. The molecule has 3 heteroatoms. The number of likely N-dealkylation sites (tertiary alicyclic amines) is 1. The van der Waals surface area contributed by atoms with Gasteiger partial charge in [-0.2, -0.15) is 0 Å². The van der Waals surface area contributed by atoms with Crippen LogP contribution >= 0.6 is 0 Å². The Balaban J connectivity index is 2.36. The Morgan fingerprint density at radius 1 is 1.29 bits per heavy atom. The second-order valence-electron chi connectivity index (χ2n) is 4.87. The first-order valence-electron chi connectivity index (χ1n) is 5.38. The summed E-state index contributed by atoms with van der Waals surface area (Å²) in [5.74, 6) is 1.74. The van der Waals surface area contributed by atoms with Gasteiger partial charge in [-0.25, -0.2) is 0 Å². The van der Waals surface area contributed by atoms with E-state index in [4.69, 9.17) is 0 Å². The number of carbonyl (C=O) groups excluding carboxylic acids is 1. The van der Waals surface area contributed by atoms with Gasteiger partial charge in [-0.05, 0) is 18.8 Å². The molecule has 1 aliphatic heterocycles. The highest BCUT2D eigenvalue weighted by Gasteiger charge is 2.35. The number of hydrogen-bond donors (Lipinski definition) is 0. The van der Waals surface area contributed by atoms with Gasteiger partial charge in [0.15, 0.2) is 0 Å². The number of likely N-dealkylation sites (N-methyl/N-ethyl adjacent to an activating group) is 1. The molecule has 1 atom stereocenters. The molecule has 0 bridgehead atoms. The zero-order valence-electron chi connectivity index (χ0n) is 9.95. The molecule has 1 unspecified atom stereocenters. The predicted octanol–water partition coefficient (Wildman–Crippen LogP) is 1.05. The molecule has 0 radical (unpaired) electrons. The van der Waals surface area contributed by atoms with E-state index in [1.54, 1.807) is 4.90 Å². The Bertz CT molecular complexity index is 207. The first kappa shape index (κ1) is 11.5. The van der Waals surface area contributed by atoms with E-state index in [9.17, 15) is 4.79 Å². The fourth-order valence-electron chi connectivity index (χ4n) is 1.82. The molecule has 1 heterocycles. The molecule has 0 aliphatic carbocycles. The lowest BCUT2D eigenvalue weighted by Crippen LogP contribution is -2.57. The van der Waals surface area contributed by atoms with Crippen LogP contribution in [0.3, 0.4) is 0 Å². The fraction of sp³-hybridized carbons (Fsp3) is 0.909. The number of carbonyl (C=O) groups is 1. The molecule has 82 valence electrons. The molecule has 1 amide bonds.